The molecule has 0 radical (unpaired) electrons. The van der Waals surface area contributed by atoms with Crippen LogP contribution >= 0.6 is 11.6 Å². The van der Waals surface area contributed by atoms with Gasteiger partial charge >= 0.3 is 5.56 Å². The van der Waals surface area contributed by atoms with Crippen LogP contribution in [-0.4, -0.2) is 22.8 Å². The number of carbonyl (C=O) groups excluding carboxylic acids is 1. The molecule has 2 rings (SSSR count). The predicted octanol–water partition coefficient (Wildman–Crippen LogP) is 2.23. The number of nitrogens with one attached hydrogen (secondary N) is 1. The highest BCUT2D eigenvalue weighted by molar-refractivity contribution is 7.96. The van der Waals surface area contributed by atoms with Crippen LogP contribution in [0.5, 0.6) is 5.75 Å². The van der Waals surface area contributed by atoms with Gasteiger partial charge in [-0.1, -0.05) is 11.6 Å². The van der Waals surface area contributed by atoms with Gasteiger partial charge in [0.25, 0.3) is 0 Å². The summed E-state index contributed by atoms with van der Waals surface area (Å²) in [5.74, 6) is 0.516. The number of H-pyrrole nitrogens is 1. The SMILES string of the molecule is CC(=O)CCC[S+](C)c1c([O-])c2cc(Cl)ccc2[nH]c1=O. The molecule has 0 aliphatic rings. The van der Waals surface area contributed by atoms with Crippen molar-refractivity contribution < 1.29 is 9.90 Å². The van der Waals surface area contributed by atoms with Crippen molar-refractivity contribution in [1.29, 1.82) is 0 Å². The average molecular weight is 326 g/mol. The molecular weight excluding hydrogens is 310 g/mol. The number of pyridine rings is 1. The molecule has 1 heterocycles. The van der Waals surface area contributed by atoms with E-state index in [-0.39, 0.29) is 22.0 Å². The average Bonchev–Trinajstić information content (AvgIpc) is 2.39. The lowest BCUT2D eigenvalue weighted by Gasteiger charge is -2.14. The third-order valence-electron chi connectivity index (χ3n) is 3.21. The van der Waals surface area contributed by atoms with E-state index in [9.17, 15) is 14.7 Å². The number of benzene rings is 1. The van der Waals surface area contributed by atoms with E-state index in [0.717, 1.165) is 0 Å². The number of hydrogen-bond acceptors (Lipinski definition) is 3. The molecule has 0 aliphatic heterocycles. The molecule has 0 bridgehead atoms. The van der Waals surface area contributed by atoms with Gasteiger partial charge < -0.3 is 14.9 Å². The van der Waals surface area contributed by atoms with E-state index >= 15 is 0 Å². The first-order valence-corrected chi connectivity index (χ1v) is 8.72. The Bertz CT molecular complexity index is 742. The van der Waals surface area contributed by atoms with Crippen LogP contribution in [0.1, 0.15) is 19.8 Å². The lowest BCUT2D eigenvalue weighted by atomic mass is 10.2. The van der Waals surface area contributed by atoms with Crippen LogP contribution in [0.4, 0.5) is 0 Å². The number of fused-ring (bicyclic) bond motifs is 1. The van der Waals surface area contributed by atoms with Crippen LogP contribution in [0.3, 0.4) is 0 Å². The number of Topliss-reactive ketones (excluding diaryl/α,β-unsaturated/α-hetero) is 1. The van der Waals surface area contributed by atoms with Crippen molar-refractivity contribution in [3.63, 3.8) is 0 Å². The maximum Gasteiger partial charge on any atom is 0.303 e. The molecule has 112 valence electrons. The molecule has 0 saturated carbocycles. The number of hydrogen-bond donors (Lipinski definition) is 1. The van der Waals surface area contributed by atoms with Gasteiger partial charge in [-0.2, -0.15) is 0 Å². The van der Waals surface area contributed by atoms with Gasteiger partial charge in [-0.3, -0.25) is 4.79 Å². The van der Waals surface area contributed by atoms with Gasteiger partial charge in [0, 0.05) is 27.9 Å². The first-order chi connectivity index (χ1) is 9.90. The zero-order valence-corrected chi connectivity index (χ0v) is 13.4. The Hall–Kier alpha value is -1.46. The first kappa shape index (κ1) is 15.9. The summed E-state index contributed by atoms with van der Waals surface area (Å²) in [5, 5.41) is 13.4. The Balaban J connectivity index is 2.39. The summed E-state index contributed by atoms with van der Waals surface area (Å²) in [6.45, 7) is 1.54. The maximum atomic E-state index is 12.5. The van der Waals surface area contributed by atoms with E-state index in [1.165, 1.54) is 6.92 Å². The van der Waals surface area contributed by atoms with Crippen molar-refractivity contribution in [2.45, 2.75) is 24.7 Å². The third kappa shape index (κ3) is 3.60. The van der Waals surface area contributed by atoms with E-state index in [2.05, 4.69) is 4.98 Å². The molecule has 6 heteroatoms. The summed E-state index contributed by atoms with van der Waals surface area (Å²) >= 11 is 5.91. The molecule has 1 aromatic heterocycles. The molecule has 1 atom stereocenters. The van der Waals surface area contributed by atoms with Gasteiger partial charge in [-0.15, -0.1) is 0 Å². The minimum atomic E-state index is -0.487. The van der Waals surface area contributed by atoms with Gasteiger partial charge in [-0.25, -0.2) is 0 Å². The summed E-state index contributed by atoms with van der Waals surface area (Å²) in [4.78, 5) is 26.1. The summed E-state index contributed by atoms with van der Waals surface area (Å²) < 4.78 is 0. The van der Waals surface area contributed by atoms with Crippen molar-refractivity contribution in [1.82, 2.24) is 4.98 Å². The van der Waals surface area contributed by atoms with Gasteiger partial charge in [-0.05, 0) is 42.7 Å². The second-order valence-corrected chi connectivity index (χ2v) is 7.48. The highest BCUT2D eigenvalue weighted by Gasteiger charge is 2.22. The molecule has 2 aromatic rings. The number of ketones is 1. The molecule has 1 aromatic carbocycles. The fourth-order valence-corrected chi connectivity index (χ4v) is 3.92. The Morgan fingerprint density at radius 1 is 1.43 bits per heavy atom. The minimum Gasteiger partial charge on any atom is -0.868 e. The zero-order chi connectivity index (χ0) is 15.6. The van der Waals surface area contributed by atoms with Crippen LogP contribution < -0.4 is 10.7 Å². The quantitative estimate of drug-likeness (QED) is 0.857. The highest BCUT2D eigenvalue weighted by Crippen LogP contribution is 2.28. The Labute approximate surface area is 130 Å². The van der Waals surface area contributed by atoms with Crippen molar-refractivity contribution >= 4 is 39.2 Å². The molecule has 0 aliphatic carbocycles. The highest BCUT2D eigenvalue weighted by atomic mass is 35.5. The molecule has 4 nitrogen and oxygen atoms in total. The topological polar surface area (TPSA) is 73.0 Å². The number of carbonyl (C=O) groups is 1. The predicted molar refractivity (Wildman–Crippen MR) is 85.4 cm³/mol. The van der Waals surface area contributed by atoms with Crippen molar-refractivity contribution in [3.05, 3.63) is 33.6 Å². The summed E-state index contributed by atoms with van der Waals surface area (Å²) in [5.41, 5.74) is 0.155. The smallest absolute Gasteiger partial charge is 0.303 e. The van der Waals surface area contributed by atoms with Crippen LogP contribution in [0.2, 0.25) is 5.02 Å². The normalized spacial score (nSPS) is 12.5. The van der Waals surface area contributed by atoms with E-state index in [0.29, 0.717) is 34.5 Å². The number of aromatic amines is 1. The summed E-state index contributed by atoms with van der Waals surface area (Å²) in [7, 11) is -0.487. The van der Waals surface area contributed by atoms with Crippen molar-refractivity contribution in [2.75, 3.05) is 12.0 Å². The van der Waals surface area contributed by atoms with Gasteiger partial charge in [0.15, 0.2) is 0 Å². The number of rotatable bonds is 5. The molecule has 0 saturated heterocycles. The monoisotopic (exact) mass is 325 g/mol. The second-order valence-electron chi connectivity index (χ2n) is 4.95. The van der Waals surface area contributed by atoms with Crippen LogP contribution in [0, 0.1) is 0 Å². The first-order valence-electron chi connectivity index (χ1n) is 6.54. The maximum absolute atomic E-state index is 12.5. The molecule has 1 N–H and O–H groups in total. The fourth-order valence-electron chi connectivity index (χ4n) is 2.17. The van der Waals surface area contributed by atoms with Crippen LogP contribution in [-0.2, 0) is 15.7 Å². The molecule has 0 fully saturated rings. The van der Waals surface area contributed by atoms with Crippen molar-refractivity contribution in [3.8, 4) is 5.75 Å². The Morgan fingerprint density at radius 3 is 2.81 bits per heavy atom. The lowest BCUT2D eigenvalue weighted by Crippen LogP contribution is -2.22. The van der Waals surface area contributed by atoms with E-state index in [1.807, 2.05) is 6.26 Å². The minimum absolute atomic E-state index is 0.119. The second kappa shape index (κ2) is 6.54. The Morgan fingerprint density at radius 2 is 2.14 bits per heavy atom. The van der Waals surface area contributed by atoms with Gasteiger partial charge in [0.2, 0.25) is 4.90 Å². The number of halogens is 1. The largest absolute Gasteiger partial charge is 0.868 e. The molecule has 0 amide bonds. The molecular formula is C15H16ClNO3S. The van der Waals surface area contributed by atoms with E-state index < -0.39 is 10.9 Å². The van der Waals surface area contributed by atoms with Crippen LogP contribution in [0.15, 0.2) is 27.9 Å². The Kier molecular flexibility index (Phi) is 4.96. The van der Waals surface area contributed by atoms with Crippen LogP contribution in [0.25, 0.3) is 10.9 Å². The zero-order valence-electron chi connectivity index (χ0n) is 11.9. The molecule has 21 heavy (non-hydrogen) atoms. The standard InChI is InChI=1S/C15H16ClNO3S/c1-9(18)4-3-7-21(2)14-13(19)11-8-10(16)5-6-12(11)17-15(14)20/h5-6,8H,3-4,7H2,1-2H3,(H-,17,19,20). The van der Waals surface area contributed by atoms with E-state index in [4.69, 9.17) is 11.6 Å². The molecule has 0 spiro atoms. The van der Waals surface area contributed by atoms with E-state index in [1.54, 1.807) is 18.2 Å². The summed E-state index contributed by atoms with van der Waals surface area (Å²) in [6, 6.07) is 4.84. The van der Waals surface area contributed by atoms with Gasteiger partial charge in [0.1, 0.15) is 17.8 Å². The lowest BCUT2D eigenvalue weighted by molar-refractivity contribution is -0.270. The number of aromatic nitrogens is 1. The molecule has 1 unspecified atom stereocenters. The summed E-state index contributed by atoms with van der Waals surface area (Å²) in [6.07, 6.45) is 3.02. The van der Waals surface area contributed by atoms with Gasteiger partial charge in [0.05, 0.1) is 0 Å². The third-order valence-corrected chi connectivity index (χ3v) is 5.42. The van der Waals surface area contributed by atoms with Crippen molar-refractivity contribution in [2.24, 2.45) is 0 Å². The fraction of sp³-hybridized carbons (Fsp3) is 0.333.